The van der Waals surface area contributed by atoms with Crippen molar-refractivity contribution in [1.82, 2.24) is 9.80 Å². The van der Waals surface area contributed by atoms with Crippen LogP contribution in [0.1, 0.15) is 22.3 Å². The molecular weight excluding hydrogens is 310 g/mol. The first-order chi connectivity index (χ1) is 11.5. The number of ether oxygens (including phenoxy) is 1. The number of primary amides is 1. The second kappa shape index (κ2) is 6.88. The molecule has 2 heterocycles. The fourth-order valence-corrected chi connectivity index (χ4v) is 3.52. The van der Waals surface area contributed by atoms with Crippen molar-refractivity contribution in [3.63, 3.8) is 0 Å². The molecule has 3 rings (SSSR count). The molecule has 0 radical (unpaired) electrons. The van der Waals surface area contributed by atoms with E-state index in [1.807, 2.05) is 23.1 Å². The number of hydrogen-bond donors (Lipinski definition) is 2. The summed E-state index contributed by atoms with van der Waals surface area (Å²) in [5.41, 5.74) is 6.01. The van der Waals surface area contributed by atoms with Crippen LogP contribution in [0.15, 0.2) is 24.3 Å². The van der Waals surface area contributed by atoms with E-state index in [2.05, 4.69) is 4.90 Å². The van der Waals surface area contributed by atoms with E-state index in [-0.39, 0.29) is 6.61 Å². The molecule has 1 unspecified atom stereocenters. The largest absolute Gasteiger partial charge is 0.480 e. The normalized spacial score (nSPS) is 25.7. The van der Waals surface area contributed by atoms with E-state index in [4.69, 9.17) is 10.5 Å². The molecule has 1 aromatic rings. The first kappa shape index (κ1) is 16.9. The fraction of sp³-hybridized carbons (Fsp3) is 0.529. The van der Waals surface area contributed by atoms with E-state index in [1.165, 1.54) is 0 Å². The molecule has 1 amide bonds. The summed E-state index contributed by atoms with van der Waals surface area (Å²) in [5, 5.41) is 9.62. The zero-order valence-electron chi connectivity index (χ0n) is 13.6. The van der Waals surface area contributed by atoms with E-state index in [1.54, 1.807) is 6.07 Å². The minimum atomic E-state index is -0.863. The number of amides is 1. The van der Waals surface area contributed by atoms with Crippen LogP contribution in [0.2, 0.25) is 0 Å². The van der Waals surface area contributed by atoms with E-state index in [0.29, 0.717) is 31.7 Å². The minimum absolute atomic E-state index is 0.267. The number of hydrogen-bond acceptors (Lipinski definition) is 5. The number of carbonyl (C=O) groups excluding carboxylic acids is 1. The van der Waals surface area contributed by atoms with Gasteiger partial charge in [-0.3, -0.25) is 19.4 Å². The molecule has 24 heavy (non-hydrogen) atoms. The Morgan fingerprint density at radius 2 is 2.00 bits per heavy atom. The molecule has 1 aromatic carbocycles. The van der Waals surface area contributed by atoms with Crippen molar-refractivity contribution in [2.24, 2.45) is 5.73 Å². The number of nitrogens with zero attached hydrogens (tertiary/aromatic N) is 2. The number of nitrogens with two attached hydrogens (primary N) is 1. The van der Waals surface area contributed by atoms with Gasteiger partial charge in [-0.15, -0.1) is 0 Å². The average molecular weight is 333 g/mol. The SMILES string of the molecule is NC(=O)c1cccc(CN2CCN(C3(C(=O)O)CCOC3)CC2)c1. The Morgan fingerprint density at radius 1 is 1.25 bits per heavy atom. The number of carbonyl (C=O) groups is 2. The van der Waals surface area contributed by atoms with Crippen molar-refractivity contribution in [1.29, 1.82) is 0 Å². The highest BCUT2D eigenvalue weighted by Gasteiger charge is 2.48. The van der Waals surface area contributed by atoms with Gasteiger partial charge in [0.1, 0.15) is 5.54 Å². The summed E-state index contributed by atoms with van der Waals surface area (Å²) < 4.78 is 5.35. The van der Waals surface area contributed by atoms with Gasteiger partial charge in [0.05, 0.1) is 6.61 Å². The quantitative estimate of drug-likeness (QED) is 0.796. The predicted molar refractivity (Wildman–Crippen MR) is 87.6 cm³/mol. The van der Waals surface area contributed by atoms with Gasteiger partial charge in [-0.1, -0.05) is 12.1 Å². The smallest absolute Gasteiger partial charge is 0.326 e. The maximum Gasteiger partial charge on any atom is 0.326 e. The van der Waals surface area contributed by atoms with Crippen LogP contribution in [-0.4, -0.2) is 71.7 Å². The van der Waals surface area contributed by atoms with Gasteiger partial charge in [0, 0.05) is 51.3 Å². The third-order valence-corrected chi connectivity index (χ3v) is 4.99. The Bertz CT molecular complexity index is 620. The Morgan fingerprint density at radius 3 is 2.58 bits per heavy atom. The highest BCUT2D eigenvalue weighted by Crippen LogP contribution is 2.28. The van der Waals surface area contributed by atoms with Crippen molar-refractivity contribution >= 4 is 11.9 Å². The number of benzene rings is 1. The third kappa shape index (κ3) is 3.28. The van der Waals surface area contributed by atoms with Gasteiger partial charge in [0.15, 0.2) is 0 Å². The monoisotopic (exact) mass is 333 g/mol. The van der Waals surface area contributed by atoms with Crippen LogP contribution in [0.5, 0.6) is 0 Å². The Kier molecular flexibility index (Phi) is 4.84. The number of carboxylic acids is 1. The van der Waals surface area contributed by atoms with Gasteiger partial charge < -0.3 is 15.6 Å². The van der Waals surface area contributed by atoms with Gasteiger partial charge in [-0.25, -0.2) is 0 Å². The lowest BCUT2D eigenvalue weighted by Gasteiger charge is -2.42. The highest BCUT2D eigenvalue weighted by molar-refractivity contribution is 5.92. The van der Waals surface area contributed by atoms with Crippen LogP contribution >= 0.6 is 0 Å². The van der Waals surface area contributed by atoms with Crippen molar-refractivity contribution in [3.05, 3.63) is 35.4 Å². The van der Waals surface area contributed by atoms with Crippen molar-refractivity contribution in [3.8, 4) is 0 Å². The number of piperazine rings is 1. The zero-order valence-corrected chi connectivity index (χ0v) is 13.6. The van der Waals surface area contributed by atoms with Crippen LogP contribution in [0.25, 0.3) is 0 Å². The van der Waals surface area contributed by atoms with Crippen LogP contribution in [-0.2, 0) is 16.1 Å². The Hall–Kier alpha value is -1.96. The molecule has 2 saturated heterocycles. The predicted octanol–water partition coefficient (Wildman–Crippen LogP) is 0.147. The maximum absolute atomic E-state index is 11.7. The summed E-state index contributed by atoms with van der Waals surface area (Å²) >= 11 is 0. The number of carboxylic acid groups (broad SMARTS) is 1. The summed E-state index contributed by atoms with van der Waals surface area (Å²) in [7, 11) is 0. The van der Waals surface area contributed by atoms with Crippen LogP contribution in [0.4, 0.5) is 0 Å². The maximum atomic E-state index is 11.7. The molecule has 0 aromatic heterocycles. The molecule has 0 bridgehead atoms. The van der Waals surface area contributed by atoms with Gasteiger partial charge in [0.25, 0.3) is 0 Å². The molecule has 7 heteroatoms. The van der Waals surface area contributed by atoms with Crippen LogP contribution in [0.3, 0.4) is 0 Å². The Balaban J connectivity index is 1.60. The summed E-state index contributed by atoms with van der Waals surface area (Å²) in [6, 6.07) is 7.34. The summed E-state index contributed by atoms with van der Waals surface area (Å²) in [4.78, 5) is 27.3. The number of aliphatic carboxylic acids is 1. The van der Waals surface area contributed by atoms with Crippen molar-refractivity contribution in [2.75, 3.05) is 39.4 Å². The van der Waals surface area contributed by atoms with Gasteiger partial charge in [0.2, 0.25) is 5.91 Å². The van der Waals surface area contributed by atoms with Crippen molar-refractivity contribution < 1.29 is 19.4 Å². The van der Waals surface area contributed by atoms with Gasteiger partial charge >= 0.3 is 5.97 Å². The van der Waals surface area contributed by atoms with Gasteiger partial charge in [-0.2, -0.15) is 0 Å². The lowest BCUT2D eigenvalue weighted by atomic mass is 9.95. The first-order valence-corrected chi connectivity index (χ1v) is 8.18. The summed E-state index contributed by atoms with van der Waals surface area (Å²) in [6.45, 7) is 4.48. The Labute approximate surface area is 141 Å². The van der Waals surface area contributed by atoms with Crippen LogP contribution < -0.4 is 5.73 Å². The van der Waals surface area contributed by atoms with Crippen molar-refractivity contribution in [2.45, 2.75) is 18.5 Å². The lowest BCUT2D eigenvalue weighted by molar-refractivity contribution is -0.153. The first-order valence-electron chi connectivity index (χ1n) is 8.18. The van der Waals surface area contributed by atoms with Crippen LogP contribution in [0, 0.1) is 0 Å². The van der Waals surface area contributed by atoms with Gasteiger partial charge in [-0.05, 0) is 17.7 Å². The third-order valence-electron chi connectivity index (χ3n) is 4.99. The molecular formula is C17H23N3O4. The molecule has 2 aliphatic heterocycles. The molecule has 130 valence electrons. The summed E-state index contributed by atoms with van der Waals surface area (Å²) in [6.07, 6.45) is 0.545. The zero-order chi connectivity index (χ0) is 17.2. The molecule has 2 aliphatic rings. The fourth-order valence-electron chi connectivity index (χ4n) is 3.52. The van der Waals surface area contributed by atoms with E-state index >= 15 is 0 Å². The minimum Gasteiger partial charge on any atom is -0.480 e. The molecule has 3 N–H and O–H groups in total. The van der Waals surface area contributed by atoms with E-state index in [9.17, 15) is 14.7 Å². The molecule has 2 fully saturated rings. The summed E-state index contributed by atoms with van der Waals surface area (Å²) in [5.74, 6) is -1.21. The van der Waals surface area contributed by atoms with E-state index in [0.717, 1.165) is 25.2 Å². The number of rotatable bonds is 5. The average Bonchev–Trinajstić information content (AvgIpc) is 3.07. The molecule has 0 spiro atoms. The lowest BCUT2D eigenvalue weighted by Crippen LogP contribution is -2.61. The molecule has 1 atom stereocenters. The molecule has 0 aliphatic carbocycles. The molecule has 0 saturated carbocycles. The second-order valence-electron chi connectivity index (χ2n) is 6.47. The van der Waals surface area contributed by atoms with E-state index < -0.39 is 17.4 Å². The standard InChI is InChI=1S/C17H23N3O4/c18-15(21)14-3-1-2-13(10-14)11-19-5-7-20(8-6-19)17(16(22)23)4-9-24-12-17/h1-3,10H,4-9,11-12H2,(H2,18,21)(H,22,23). The topological polar surface area (TPSA) is 96.1 Å². The molecule has 7 nitrogen and oxygen atoms in total. The highest BCUT2D eigenvalue weighted by atomic mass is 16.5. The second-order valence-corrected chi connectivity index (χ2v) is 6.47.